The molecule has 96 valence electrons. The van der Waals surface area contributed by atoms with Gasteiger partial charge in [-0.25, -0.2) is 8.42 Å². The largest absolute Gasteiger partial charge is 0.497 e. The highest BCUT2D eigenvalue weighted by Crippen LogP contribution is 2.23. The molecule has 0 aliphatic carbocycles. The molecule has 17 heavy (non-hydrogen) atoms. The zero-order valence-corrected chi connectivity index (χ0v) is 11.0. The topological polar surface area (TPSA) is 66.8 Å². The Bertz CT molecular complexity index is 484. The van der Waals surface area contributed by atoms with Gasteiger partial charge < -0.3 is 9.84 Å². The van der Waals surface area contributed by atoms with Crippen LogP contribution in [0.25, 0.3) is 0 Å². The lowest BCUT2D eigenvalue weighted by molar-refractivity contribution is 0.266. The molecule has 0 aliphatic heterocycles. The summed E-state index contributed by atoms with van der Waals surface area (Å²) < 4.78 is 30.4. The molecule has 0 saturated carbocycles. The van der Waals surface area contributed by atoms with Gasteiger partial charge in [0, 0.05) is 13.6 Å². The molecule has 0 radical (unpaired) electrons. The predicted molar refractivity (Wildman–Crippen MR) is 64.6 cm³/mol. The summed E-state index contributed by atoms with van der Waals surface area (Å²) in [5.74, 6) is 0.617. The predicted octanol–water partition coefficient (Wildman–Crippen LogP) is 0.616. The van der Waals surface area contributed by atoms with Crippen LogP contribution in [0.2, 0.25) is 0 Å². The van der Waals surface area contributed by atoms with Gasteiger partial charge in [-0.3, -0.25) is 0 Å². The lowest BCUT2D eigenvalue weighted by Gasteiger charge is -2.17. The second-order valence-electron chi connectivity index (χ2n) is 3.68. The Morgan fingerprint density at radius 2 is 2.06 bits per heavy atom. The third-order valence-electron chi connectivity index (χ3n) is 2.49. The molecule has 0 fully saturated rings. The molecule has 1 rings (SSSR count). The second kappa shape index (κ2) is 5.48. The molecule has 0 bridgehead atoms. The first-order valence-corrected chi connectivity index (χ1v) is 6.59. The number of hydrogen-bond acceptors (Lipinski definition) is 4. The Kier molecular flexibility index (Phi) is 4.50. The van der Waals surface area contributed by atoms with E-state index in [0.29, 0.717) is 11.3 Å². The molecule has 1 N–H and O–H groups in total. The van der Waals surface area contributed by atoms with E-state index in [1.807, 2.05) is 0 Å². The quantitative estimate of drug-likeness (QED) is 0.841. The van der Waals surface area contributed by atoms with Gasteiger partial charge in [-0.15, -0.1) is 0 Å². The number of aryl methyl sites for hydroxylation is 1. The summed E-state index contributed by atoms with van der Waals surface area (Å²) in [5.41, 5.74) is 0.620. The third kappa shape index (κ3) is 2.96. The normalized spacial score (nSPS) is 11.8. The fraction of sp³-hybridized carbons (Fsp3) is 0.455. The molecule has 1 aromatic rings. The van der Waals surface area contributed by atoms with Crippen molar-refractivity contribution >= 4 is 10.0 Å². The molecule has 0 aromatic heterocycles. The first-order chi connectivity index (χ1) is 7.93. The Morgan fingerprint density at radius 1 is 1.41 bits per heavy atom. The number of aliphatic hydroxyl groups excluding tert-OH is 1. The van der Waals surface area contributed by atoms with Crippen LogP contribution in [0.5, 0.6) is 5.75 Å². The monoisotopic (exact) mass is 259 g/mol. The van der Waals surface area contributed by atoms with Crippen LogP contribution in [-0.2, 0) is 10.0 Å². The summed E-state index contributed by atoms with van der Waals surface area (Å²) >= 11 is 0. The summed E-state index contributed by atoms with van der Waals surface area (Å²) in [6, 6.07) is 4.78. The van der Waals surface area contributed by atoms with Crippen LogP contribution < -0.4 is 4.74 Å². The standard InChI is InChI=1S/C11H17NO4S/c1-9-8-10(16-3)4-5-11(9)17(14,15)12(2)6-7-13/h4-5,8,13H,6-7H2,1-3H3. The molecular formula is C11H17NO4S. The van der Waals surface area contributed by atoms with Crippen molar-refractivity contribution in [2.75, 3.05) is 27.3 Å². The molecule has 0 aliphatic rings. The highest BCUT2D eigenvalue weighted by Gasteiger charge is 2.22. The number of methoxy groups -OCH3 is 1. The number of aliphatic hydroxyl groups is 1. The van der Waals surface area contributed by atoms with E-state index in [9.17, 15) is 8.42 Å². The van der Waals surface area contributed by atoms with Gasteiger partial charge in [0.2, 0.25) is 10.0 Å². The molecule has 1 aromatic carbocycles. The lowest BCUT2D eigenvalue weighted by atomic mass is 10.2. The molecule has 6 heteroatoms. The second-order valence-corrected chi connectivity index (χ2v) is 5.69. The van der Waals surface area contributed by atoms with E-state index in [1.165, 1.54) is 20.2 Å². The van der Waals surface area contributed by atoms with Crippen LogP contribution in [-0.4, -0.2) is 45.1 Å². The van der Waals surface area contributed by atoms with Gasteiger partial charge in [-0.05, 0) is 30.7 Å². The van der Waals surface area contributed by atoms with E-state index in [4.69, 9.17) is 9.84 Å². The van der Waals surface area contributed by atoms with Gasteiger partial charge in [-0.1, -0.05) is 0 Å². The zero-order valence-electron chi connectivity index (χ0n) is 10.2. The van der Waals surface area contributed by atoms with Crippen LogP contribution in [0.3, 0.4) is 0 Å². The van der Waals surface area contributed by atoms with Gasteiger partial charge in [0.25, 0.3) is 0 Å². The Balaban J connectivity index is 3.16. The number of sulfonamides is 1. The van der Waals surface area contributed by atoms with Crippen molar-refractivity contribution in [1.82, 2.24) is 4.31 Å². The molecule has 0 spiro atoms. The first-order valence-electron chi connectivity index (χ1n) is 5.15. The number of likely N-dealkylation sites (N-methyl/N-ethyl adjacent to an activating group) is 1. The summed E-state index contributed by atoms with van der Waals surface area (Å²) in [4.78, 5) is 0.231. The average Bonchev–Trinajstić information content (AvgIpc) is 2.28. The minimum absolute atomic E-state index is 0.0772. The highest BCUT2D eigenvalue weighted by atomic mass is 32.2. The molecule has 0 unspecified atom stereocenters. The molecule has 0 saturated heterocycles. The fourth-order valence-corrected chi connectivity index (χ4v) is 2.83. The van der Waals surface area contributed by atoms with Crippen LogP contribution in [0, 0.1) is 6.92 Å². The van der Waals surface area contributed by atoms with Crippen LogP contribution >= 0.6 is 0 Å². The van der Waals surface area contributed by atoms with Crippen LogP contribution in [0.15, 0.2) is 23.1 Å². The molecule has 0 amide bonds. The first kappa shape index (κ1) is 14.0. The summed E-state index contributed by atoms with van der Waals surface area (Å²) in [6.45, 7) is 1.58. The van der Waals surface area contributed by atoms with E-state index < -0.39 is 10.0 Å². The van der Waals surface area contributed by atoms with E-state index in [1.54, 1.807) is 19.1 Å². The number of rotatable bonds is 5. The molecule has 5 nitrogen and oxygen atoms in total. The SMILES string of the molecule is COc1ccc(S(=O)(=O)N(C)CCO)c(C)c1. The van der Waals surface area contributed by atoms with Crippen molar-refractivity contribution in [3.8, 4) is 5.75 Å². The van der Waals surface area contributed by atoms with E-state index >= 15 is 0 Å². The number of ether oxygens (including phenoxy) is 1. The molecule has 0 atom stereocenters. The van der Waals surface area contributed by atoms with Gasteiger partial charge in [0.05, 0.1) is 18.6 Å². The third-order valence-corrected chi connectivity index (χ3v) is 4.50. The summed E-state index contributed by atoms with van der Waals surface area (Å²) in [7, 11) is -0.571. The van der Waals surface area contributed by atoms with Gasteiger partial charge in [-0.2, -0.15) is 4.31 Å². The molecule has 0 heterocycles. The van der Waals surface area contributed by atoms with Crippen molar-refractivity contribution < 1.29 is 18.3 Å². The maximum atomic E-state index is 12.1. The van der Waals surface area contributed by atoms with Crippen LogP contribution in [0.1, 0.15) is 5.56 Å². The minimum atomic E-state index is -3.54. The lowest BCUT2D eigenvalue weighted by Crippen LogP contribution is -2.30. The van der Waals surface area contributed by atoms with Gasteiger partial charge >= 0.3 is 0 Å². The smallest absolute Gasteiger partial charge is 0.243 e. The van der Waals surface area contributed by atoms with E-state index in [0.717, 1.165) is 4.31 Å². The Morgan fingerprint density at radius 3 is 2.53 bits per heavy atom. The van der Waals surface area contributed by atoms with Crippen LogP contribution in [0.4, 0.5) is 0 Å². The van der Waals surface area contributed by atoms with E-state index in [2.05, 4.69) is 0 Å². The number of nitrogens with zero attached hydrogens (tertiary/aromatic N) is 1. The average molecular weight is 259 g/mol. The van der Waals surface area contributed by atoms with E-state index in [-0.39, 0.29) is 18.0 Å². The Hall–Kier alpha value is -1.11. The van der Waals surface area contributed by atoms with Crippen molar-refractivity contribution in [2.45, 2.75) is 11.8 Å². The number of benzene rings is 1. The fourth-order valence-electron chi connectivity index (χ4n) is 1.47. The number of hydrogen-bond donors (Lipinski definition) is 1. The molecular weight excluding hydrogens is 242 g/mol. The van der Waals surface area contributed by atoms with Crippen molar-refractivity contribution in [3.63, 3.8) is 0 Å². The van der Waals surface area contributed by atoms with Gasteiger partial charge in [0.15, 0.2) is 0 Å². The summed E-state index contributed by atoms with van der Waals surface area (Å²) in [6.07, 6.45) is 0. The van der Waals surface area contributed by atoms with Crippen molar-refractivity contribution in [2.24, 2.45) is 0 Å². The van der Waals surface area contributed by atoms with Gasteiger partial charge in [0.1, 0.15) is 5.75 Å². The Labute approximate surface area is 102 Å². The maximum Gasteiger partial charge on any atom is 0.243 e. The minimum Gasteiger partial charge on any atom is -0.497 e. The highest BCUT2D eigenvalue weighted by molar-refractivity contribution is 7.89. The maximum absolute atomic E-state index is 12.1. The van der Waals surface area contributed by atoms with Crippen molar-refractivity contribution in [3.05, 3.63) is 23.8 Å². The zero-order chi connectivity index (χ0) is 13.1. The summed E-state index contributed by atoms with van der Waals surface area (Å²) in [5, 5.41) is 8.77. The van der Waals surface area contributed by atoms with Crippen molar-refractivity contribution in [1.29, 1.82) is 0 Å².